The van der Waals surface area contributed by atoms with Crippen LogP contribution in [0.1, 0.15) is 36.1 Å². The van der Waals surface area contributed by atoms with E-state index in [-0.39, 0.29) is 0 Å². The minimum Gasteiger partial charge on any atom is -0.313 e. The van der Waals surface area contributed by atoms with Gasteiger partial charge in [-0.3, -0.25) is 0 Å². The van der Waals surface area contributed by atoms with Gasteiger partial charge >= 0.3 is 0 Å². The maximum absolute atomic E-state index is 4.40. The van der Waals surface area contributed by atoms with Gasteiger partial charge in [-0.05, 0) is 62.9 Å². The molecule has 1 rings (SSSR count). The first kappa shape index (κ1) is 13.5. The average Bonchev–Trinajstić information content (AvgIpc) is 2.30. The lowest BCUT2D eigenvalue weighted by molar-refractivity contribution is 0.900. The molecule has 0 unspecified atom stereocenters. The molecule has 0 aliphatic heterocycles. The van der Waals surface area contributed by atoms with E-state index in [9.17, 15) is 0 Å². The summed E-state index contributed by atoms with van der Waals surface area (Å²) in [7, 11) is 1.83. The molecule has 17 heavy (non-hydrogen) atoms. The number of benzene rings is 1. The molecule has 0 saturated carbocycles. The fraction of sp³-hybridized carbons (Fsp3) is 0.400. The van der Waals surface area contributed by atoms with Crippen molar-refractivity contribution >= 4 is 5.71 Å². The predicted molar refractivity (Wildman–Crippen MR) is 75.7 cm³/mol. The maximum atomic E-state index is 4.40. The van der Waals surface area contributed by atoms with E-state index in [2.05, 4.69) is 56.4 Å². The van der Waals surface area contributed by atoms with Crippen molar-refractivity contribution in [2.45, 2.75) is 34.6 Å². The van der Waals surface area contributed by atoms with Crippen molar-refractivity contribution in [2.24, 2.45) is 5.10 Å². The Morgan fingerprint density at radius 2 is 1.71 bits per heavy atom. The molecule has 0 aromatic heterocycles. The third-order valence-corrected chi connectivity index (χ3v) is 3.13. The van der Waals surface area contributed by atoms with Gasteiger partial charge < -0.3 is 5.43 Å². The molecule has 1 N–H and O–H groups in total. The third-order valence-electron chi connectivity index (χ3n) is 3.13. The molecule has 0 heterocycles. The molecular formula is C15H22N2. The highest BCUT2D eigenvalue weighted by Gasteiger charge is 2.10. The Kier molecular flexibility index (Phi) is 4.50. The van der Waals surface area contributed by atoms with Gasteiger partial charge in [0.15, 0.2) is 0 Å². The zero-order valence-electron chi connectivity index (χ0n) is 11.7. The number of allylic oxidation sites excluding steroid dienone is 2. The van der Waals surface area contributed by atoms with Crippen LogP contribution in [0, 0.1) is 20.8 Å². The highest BCUT2D eigenvalue weighted by Crippen LogP contribution is 2.19. The van der Waals surface area contributed by atoms with Crippen LogP contribution in [0.4, 0.5) is 0 Å². The number of aryl methyl sites for hydroxylation is 3. The van der Waals surface area contributed by atoms with Crippen molar-refractivity contribution in [1.29, 1.82) is 0 Å². The number of hydrazone groups is 1. The molecule has 92 valence electrons. The summed E-state index contributed by atoms with van der Waals surface area (Å²) >= 11 is 0. The summed E-state index contributed by atoms with van der Waals surface area (Å²) in [5.74, 6) is 0. The van der Waals surface area contributed by atoms with Crippen molar-refractivity contribution in [2.75, 3.05) is 7.05 Å². The van der Waals surface area contributed by atoms with E-state index < -0.39 is 0 Å². The van der Waals surface area contributed by atoms with Gasteiger partial charge in [-0.25, -0.2) is 0 Å². The summed E-state index contributed by atoms with van der Waals surface area (Å²) < 4.78 is 0. The van der Waals surface area contributed by atoms with Crippen LogP contribution >= 0.6 is 0 Å². The van der Waals surface area contributed by atoms with Crippen LogP contribution in [0.5, 0.6) is 0 Å². The van der Waals surface area contributed by atoms with E-state index in [0.29, 0.717) is 0 Å². The number of nitrogens with zero attached hydrogens (tertiary/aromatic N) is 1. The van der Waals surface area contributed by atoms with Crippen LogP contribution in [-0.4, -0.2) is 12.8 Å². The molecule has 0 aliphatic rings. The van der Waals surface area contributed by atoms with Crippen molar-refractivity contribution in [1.82, 2.24) is 5.43 Å². The van der Waals surface area contributed by atoms with E-state index in [4.69, 9.17) is 0 Å². The van der Waals surface area contributed by atoms with Gasteiger partial charge in [0.2, 0.25) is 0 Å². The Hall–Kier alpha value is -1.57. The number of nitrogens with one attached hydrogen (secondary N) is 1. The second kappa shape index (κ2) is 5.67. The standard InChI is InChI=1S/C15H22N2/c1-7-10(2)15(17-16-6)14-9-12(4)11(3)8-13(14)5/h7-9,16H,1-6H3/b10-7-,17-15+. The van der Waals surface area contributed by atoms with Gasteiger partial charge in [-0.1, -0.05) is 12.1 Å². The monoisotopic (exact) mass is 230 g/mol. The molecule has 0 fully saturated rings. The SMILES string of the molecule is C/C=C(C)\C(=N/NC)c1cc(C)c(C)cc1C. The van der Waals surface area contributed by atoms with Crippen molar-refractivity contribution in [3.05, 3.63) is 46.0 Å². The minimum atomic E-state index is 1.02. The molecule has 0 saturated heterocycles. The van der Waals surface area contributed by atoms with E-state index in [1.54, 1.807) is 0 Å². The smallest absolute Gasteiger partial charge is 0.0929 e. The molecule has 2 heteroatoms. The highest BCUT2D eigenvalue weighted by atomic mass is 15.3. The van der Waals surface area contributed by atoms with Crippen LogP contribution in [0.2, 0.25) is 0 Å². The van der Waals surface area contributed by atoms with Gasteiger partial charge in [0, 0.05) is 12.6 Å². The lowest BCUT2D eigenvalue weighted by Gasteiger charge is -2.13. The van der Waals surface area contributed by atoms with Gasteiger partial charge in [0.1, 0.15) is 0 Å². The molecule has 0 aliphatic carbocycles. The maximum Gasteiger partial charge on any atom is 0.0929 e. The molecule has 1 aromatic carbocycles. The van der Waals surface area contributed by atoms with Crippen LogP contribution in [0.3, 0.4) is 0 Å². The number of hydrogen-bond donors (Lipinski definition) is 1. The second-order valence-electron chi connectivity index (χ2n) is 4.41. The van der Waals surface area contributed by atoms with Crippen molar-refractivity contribution in [3.63, 3.8) is 0 Å². The number of hydrogen-bond acceptors (Lipinski definition) is 2. The number of rotatable bonds is 3. The minimum absolute atomic E-state index is 1.02. The Morgan fingerprint density at radius 1 is 1.12 bits per heavy atom. The Bertz CT molecular complexity index is 468. The van der Waals surface area contributed by atoms with Crippen LogP contribution < -0.4 is 5.43 Å². The van der Waals surface area contributed by atoms with E-state index in [1.807, 2.05) is 14.0 Å². The topological polar surface area (TPSA) is 24.4 Å². The fourth-order valence-electron chi connectivity index (χ4n) is 1.82. The Labute approximate surface area is 104 Å². The molecule has 0 atom stereocenters. The van der Waals surface area contributed by atoms with Crippen LogP contribution in [0.25, 0.3) is 0 Å². The van der Waals surface area contributed by atoms with Gasteiger partial charge in [-0.15, -0.1) is 0 Å². The largest absolute Gasteiger partial charge is 0.313 e. The first-order valence-corrected chi connectivity index (χ1v) is 5.97. The first-order chi connectivity index (χ1) is 8.01. The fourth-order valence-corrected chi connectivity index (χ4v) is 1.82. The summed E-state index contributed by atoms with van der Waals surface area (Å²) in [6, 6.07) is 4.44. The first-order valence-electron chi connectivity index (χ1n) is 5.97. The van der Waals surface area contributed by atoms with Crippen LogP contribution in [-0.2, 0) is 0 Å². The average molecular weight is 230 g/mol. The Balaban J connectivity index is 3.39. The van der Waals surface area contributed by atoms with E-state index in [0.717, 1.165) is 5.71 Å². The summed E-state index contributed by atoms with van der Waals surface area (Å²) in [5, 5.41) is 4.40. The van der Waals surface area contributed by atoms with Gasteiger partial charge in [-0.2, -0.15) is 5.10 Å². The summed E-state index contributed by atoms with van der Waals surface area (Å²) in [4.78, 5) is 0. The van der Waals surface area contributed by atoms with Crippen LogP contribution in [0.15, 0.2) is 28.9 Å². The molecule has 0 amide bonds. The predicted octanol–water partition coefficient (Wildman–Crippen LogP) is 3.50. The molecule has 0 radical (unpaired) electrons. The zero-order chi connectivity index (χ0) is 13.0. The summed E-state index contributed by atoms with van der Waals surface area (Å²) in [6.07, 6.45) is 2.09. The second-order valence-corrected chi connectivity index (χ2v) is 4.41. The molecular weight excluding hydrogens is 208 g/mol. The molecule has 1 aromatic rings. The van der Waals surface area contributed by atoms with Gasteiger partial charge in [0.05, 0.1) is 5.71 Å². The Morgan fingerprint density at radius 3 is 2.24 bits per heavy atom. The van der Waals surface area contributed by atoms with E-state index in [1.165, 1.54) is 27.8 Å². The van der Waals surface area contributed by atoms with E-state index >= 15 is 0 Å². The van der Waals surface area contributed by atoms with Crippen molar-refractivity contribution < 1.29 is 0 Å². The molecule has 0 spiro atoms. The lowest BCUT2D eigenvalue weighted by Crippen LogP contribution is -2.11. The normalized spacial score (nSPS) is 12.8. The summed E-state index contributed by atoms with van der Waals surface area (Å²) in [5.41, 5.74) is 10.2. The molecule has 0 bridgehead atoms. The quantitative estimate of drug-likeness (QED) is 0.623. The summed E-state index contributed by atoms with van der Waals surface area (Å²) in [6.45, 7) is 10.5. The molecule has 2 nitrogen and oxygen atoms in total. The lowest BCUT2D eigenvalue weighted by atomic mass is 9.94. The highest BCUT2D eigenvalue weighted by molar-refractivity contribution is 6.13. The third kappa shape index (κ3) is 2.96. The zero-order valence-corrected chi connectivity index (χ0v) is 11.7. The van der Waals surface area contributed by atoms with Gasteiger partial charge in [0.25, 0.3) is 0 Å². The van der Waals surface area contributed by atoms with Crippen molar-refractivity contribution in [3.8, 4) is 0 Å².